The monoisotopic (exact) mass is 232 g/mol. The molecule has 0 spiro atoms. The molecule has 1 aromatic heterocycles. The minimum Gasteiger partial charge on any atom is -0.298 e. The average molecular weight is 232 g/mol. The Labute approximate surface area is 103 Å². The molecule has 1 aliphatic rings. The van der Waals surface area contributed by atoms with Gasteiger partial charge in [0.25, 0.3) is 0 Å². The third kappa shape index (κ3) is 3.37. The number of pyridine rings is 1. The lowest BCUT2D eigenvalue weighted by Gasteiger charge is -2.34. The SMILES string of the molecule is CC(=O)C1CCCCN1CCc1cccnc1. The number of piperidine rings is 1. The largest absolute Gasteiger partial charge is 0.298 e. The summed E-state index contributed by atoms with van der Waals surface area (Å²) in [5.41, 5.74) is 1.25. The topological polar surface area (TPSA) is 33.2 Å². The number of Topliss-reactive ketones (excluding diaryl/α,β-unsaturated/α-hetero) is 1. The van der Waals surface area contributed by atoms with Gasteiger partial charge >= 0.3 is 0 Å². The van der Waals surface area contributed by atoms with Crippen LogP contribution >= 0.6 is 0 Å². The van der Waals surface area contributed by atoms with E-state index in [1.54, 1.807) is 13.1 Å². The van der Waals surface area contributed by atoms with E-state index in [1.807, 2.05) is 12.3 Å². The van der Waals surface area contributed by atoms with E-state index < -0.39 is 0 Å². The summed E-state index contributed by atoms with van der Waals surface area (Å²) < 4.78 is 0. The molecule has 17 heavy (non-hydrogen) atoms. The smallest absolute Gasteiger partial charge is 0.146 e. The first kappa shape index (κ1) is 12.2. The predicted molar refractivity (Wildman–Crippen MR) is 67.8 cm³/mol. The third-order valence-corrected chi connectivity index (χ3v) is 3.49. The molecular formula is C14H20N2O. The van der Waals surface area contributed by atoms with Crippen molar-refractivity contribution in [2.75, 3.05) is 13.1 Å². The van der Waals surface area contributed by atoms with Crippen LogP contribution in [0.5, 0.6) is 0 Å². The maximum Gasteiger partial charge on any atom is 0.146 e. The number of nitrogens with zero attached hydrogens (tertiary/aromatic N) is 2. The second-order valence-electron chi connectivity index (χ2n) is 4.77. The van der Waals surface area contributed by atoms with Gasteiger partial charge in [0.2, 0.25) is 0 Å². The quantitative estimate of drug-likeness (QED) is 0.796. The van der Waals surface area contributed by atoms with Gasteiger partial charge in [0.15, 0.2) is 0 Å². The minimum atomic E-state index is 0.153. The second-order valence-corrected chi connectivity index (χ2v) is 4.77. The van der Waals surface area contributed by atoms with Crippen molar-refractivity contribution in [2.24, 2.45) is 0 Å². The van der Waals surface area contributed by atoms with Crippen molar-refractivity contribution in [1.82, 2.24) is 9.88 Å². The highest BCUT2D eigenvalue weighted by Gasteiger charge is 2.25. The summed E-state index contributed by atoms with van der Waals surface area (Å²) >= 11 is 0. The number of carbonyl (C=O) groups excluding carboxylic acids is 1. The lowest BCUT2D eigenvalue weighted by molar-refractivity contribution is -0.123. The summed E-state index contributed by atoms with van der Waals surface area (Å²) in [6.07, 6.45) is 8.12. The fourth-order valence-electron chi connectivity index (χ4n) is 2.54. The zero-order chi connectivity index (χ0) is 12.1. The molecule has 1 aliphatic heterocycles. The Hall–Kier alpha value is -1.22. The van der Waals surface area contributed by atoms with Crippen LogP contribution in [0.25, 0.3) is 0 Å². The molecule has 0 saturated carbocycles. The third-order valence-electron chi connectivity index (χ3n) is 3.49. The summed E-state index contributed by atoms with van der Waals surface area (Å²) in [6.45, 7) is 3.74. The molecule has 1 atom stereocenters. The van der Waals surface area contributed by atoms with Crippen molar-refractivity contribution in [1.29, 1.82) is 0 Å². The summed E-state index contributed by atoms with van der Waals surface area (Å²) in [5.74, 6) is 0.316. The van der Waals surface area contributed by atoms with Gasteiger partial charge in [-0.05, 0) is 44.4 Å². The van der Waals surface area contributed by atoms with Crippen LogP contribution in [-0.4, -0.2) is 34.8 Å². The number of hydrogen-bond acceptors (Lipinski definition) is 3. The van der Waals surface area contributed by atoms with Crippen LogP contribution in [0.4, 0.5) is 0 Å². The number of carbonyl (C=O) groups is 1. The molecule has 3 heteroatoms. The van der Waals surface area contributed by atoms with Gasteiger partial charge in [-0.2, -0.15) is 0 Å². The molecule has 1 saturated heterocycles. The molecule has 0 aliphatic carbocycles. The van der Waals surface area contributed by atoms with Crippen molar-refractivity contribution >= 4 is 5.78 Å². The van der Waals surface area contributed by atoms with Gasteiger partial charge in [-0.3, -0.25) is 14.7 Å². The van der Waals surface area contributed by atoms with E-state index in [0.29, 0.717) is 5.78 Å². The molecule has 1 aromatic rings. The predicted octanol–water partition coefficient (Wildman–Crippen LogP) is 2.07. The van der Waals surface area contributed by atoms with Gasteiger partial charge in [-0.25, -0.2) is 0 Å². The minimum absolute atomic E-state index is 0.153. The number of ketones is 1. The van der Waals surface area contributed by atoms with Crippen molar-refractivity contribution in [3.8, 4) is 0 Å². The number of aromatic nitrogens is 1. The van der Waals surface area contributed by atoms with Crippen molar-refractivity contribution in [2.45, 2.75) is 38.6 Å². The molecule has 0 radical (unpaired) electrons. The first-order chi connectivity index (χ1) is 8.27. The fourth-order valence-corrected chi connectivity index (χ4v) is 2.54. The maximum absolute atomic E-state index is 11.6. The van der Waals surface area contributed by atoms with Crippen LogP contribution in [0, 0.1) is 0 Å². The van der Waals surface area contributed by atoms with Crippen LogP contribution in [0.1, 0.15) is 31.7 Å². The molecular weight excluding hydrogens is 212 g/mol. The van der Waals surface area contributed by atoms with Gasteiger partial charge in [0.05, 0.1) is 6.04 Å². The number of rotatable bonds is 4. The van der Waals surface area contributed by atoms with Crippen LogP contribution in [0.2, 0.25) is 0 Å². The normalized spacial score (nSPS) is 21.4. The molecule has 1 unspecified atom stereocenters. The molecule has 1 fully saturated rings. The maximum atomic E-state index is 11.6. The number of likely N-dealkylation sites (tertiary alicyclic amines) is 1. The Morgan fingerprint density at radius 3 is 3.12 bits per heavy atom. The highest BCUT2D eigenvalue weighted by molar-refractivity contribution is 5.81. The van der Waals surface area contributed by atoms with Gasteiger partial charge in [-0.1, -0.05) is 12.5 Å². The van der Waals surface area contributed by atoms with Crippen molar-refractivity contribution in [3.05, 3.63) is 30.1 Å². The van der Waals surface area contributed by atoms with E-state index in [-0.39, 0.29) is 6.04 Å². The summed E-state index contributed by atoms with van der Waals surface area (Å²) in [4.78, 5) is 18.0. The molecule has 0 bridgehead atoms. The lowest BCUT2D eigenvalue weighted by atomic mass is 9.98. The lowest BCUT2D eigenvalue weighted by Crippen LogP contribution is -2.44. The molecule has 92 valence electrons. The first-order valence-corrected chi connectivity index (χ1v) is 6.41. The van der Waals surface area contributed by atoms with E-state index in [9.17, 15) is 4.79 Å². The van der Waals surface area contributed by atoms with E-state index in [1.165, 1.54) is 18.4 Å². The standard InChI is InChI=1S/C14H20N2O/c1-12(17)14-6-2-3-9-16(14)10-7-13-5-4-8-15-11-13/h4-5,8,11,14H,2-3,6-7,9-10H2,1H3. The van der Waals surface area contributed by atoms with Crippen LogP contribution in [-0.2, 0) is 11.2 Å². The Kier molecular flexibility index (Phi) is 4.26. The average Bonchev–Trinajstić information content (AvgIpc) is 2.38. The summed E-state index contributed by atoms with van der Waals surface area (Å²) in [6, 6.07) is 4.22. The van der Waals surface area contributed by atoms with E-state index in [2.05, 4.69) is 16.0 Å². The van der Waals surface area contributed by atoms with Crippen LogP contribution in [0.15, 0.2) is 24.5 Å². The van der Waals surface area contributed by atoms with E-state index in [4.69, 9.17) is 0 Å². The molecule has 0 amide bonds. The van der Waals surface area contributed by atoms with Gasteiger partial charge < -0.3 is 0 Å². The van der Waals surface area contributed by atoms with Gasteiger partial charge in [0.1, 0.15) is 5.78 Å². The highest BCUT2D eigenvalue weighted by Crippen LogP contribution is 2.18. The van der Waals surface area contributed by atoms with Crippen LogP contribution in [0.3, 0.4) is 0 Å². The first-order valence-electron chi connectivity index (χ1n) is 6.41. The summed E-state index contributed by atoms with van der Waals surface area (Å²) in [7, 11) is 0. The zero-order valence-corrected chi connectivity index (χ0v) is 10.4. The molecule has 2 heterocycles. The number of hydrogen-bond donors (Lipinski definition) is 0. The van der Waals surface area contributed by atoms with Gasteiger partial charge in [0, 0.05) is 18.9 Å². The Bertz CT molecular complexity index is 364. The zero-order valence-electron chi connectivity index (χ0n) is 10.4. The molecule has 2 rings (SSSR count). The Morgan fingerprint density at radius 1 is 1.53 bits per heavy atom. The van der Waals surface area contributed by atoms with Gasteiger partial charge in [-0.15, -0.1) is 0 Å². The fraction of sp³-hybridized carbons (Fsp3) is 0.571. The van der Waals surface area contributed by atoms with E-state index >= 15 is 0 Å². The second kappa shape index (κ2) is 5.92. The molecule has 0 N–H and O–H groups in total. The molecule has 0 aromatic carbocycles. The Morgan fingerprint density at radius 2 is 2.41 bits per heavy atom. The summed E-state index contributed by atoms with van der Waals surface area (Å²) in [5, 5.41) is 0. The van der Waals surface area contributed by atoms with Crippen LogP contribution < -0.4 is 0 Å². The van der Waals surface area contributed by atoms with Crippen molar-refractivity contribution < 1.29 is 4.79 Å². The molecule has 3 nitrogen and oxygen atoms in total. The highest BCUT2D eigenvalue weighted by atomic mass is 16.1. The Balaban J connectivity index is 1.90. The van der Waals surface area contributed by atoms with Crippen molar-refractivity contribution in [3.63, 3.8) is 0 Å². The van der Waals surface area contributed by atoms with E-state index in [0.717, 1.165) is 25.9 Å².